The van der Waals surface area contributed by atoms with Crippen LogP contribution in [0, 0.1) is 11.8 Å². The number of benzene rings is 1. The molecule has 1 N–H and O–H groups in total. The maximum Gasteiger partial charge on any atom is 0.227 e. The van der Waals surface area contributed by atoms with Crippen molar-refractivity contribution < 1.29 is 23.8 Å². The van der Waals surface area contributed by atoms with Gasteiger partial charge in [-0.1, -0.05) is 6.92 Å². The summed E-state index contributed by atoms with van der Waals surface area (Å²) in [6.07, 6.45) is 3.64. The predicted molar refractivity (Wildman–Crippen MR) is 119 cm³/mol. The second kappa shape index (κ2) is 10.7. The second-order valence-corrected chi connectivity index (χ2v) is 8.46. The molecule has 0 aliphatic carbocycles. The molecular formula is C23H35N3O5. The van der Waals surface area contributed by atoms with E-state index in [0.29, 0.717) is 36.0 Å². The van der Waals surface area contributed by atoms with E-state index < -0.39 is 0 Å². The largest absolute Gasteiger partial charge is 0.493 e. The lowest BCUT2D eigenvalue weighted by Gasteiger charge is -2.30. The Balaban J connectivity index is 1.53. The van der Waals surface area contributed by atoms with Gasteiger partial charge in [-0.25, -0.2) is 0 Å². The van der Waals surface area contributed by atoms with E-state index in [2.05, 4.69) is 17.1 Å². The number of rotatable bonds is 9. The zero-order valence-electron chi connectivity index (χ0n) is 19.1. The highest BCUT2D eigenvalue weighted by molar-refractivity contribution is 6.00. The van der Waals surface area contributed by atoms with E-state index in [1.807, 2.05) is 0 Å². The van der Waals surface area contributed by atoms with Crippen molar-refractivity contribution in [1.29, 1.82) is 0 Å². The first-order valence-electron chi connectivity index (χ1n) is 11.1. The quantitative estimate of drug-likeness (QED) is 0.602. The normalized spacial score (nSPS) is 20.1. The Kier molecular flexibility index (Phi) is 8.01. The number of nitrogens with zero attached hydrogens (tertiary/aromatic N) is 2. The molecule has 0 spiro atoms. The number of anilines is 1. The molecule has 0 aromatic heterocycles. The van der Waals surface area contributed by atoms with E-state index in [4.69, 9.17) is 14.2 Å². The number of hydrogen-bond donors (Lipinski definition) is 1. The second-order valence-electron chi connectivity index (χ2n) is 8.46. The molecule has 0 radical (unpaired) electrons. The zero-order chi connectivity index (χ0) is 22.4. The third-order valence-electron chi connectivity index (χ3n) is 6.28. The molecule has 8 heteroatoms. The molecule has 0 unspecified atom stereocenters. The SMILES string of the molecule is COc1cc(N2C[C@H](C(=O)NCCCN3CCC(C)CC3)CC2=O)cc(OC)c1OC. The van der Waals surface area contributed by atoms with Gasteiger partial charge in [-0.05, 0) is 44.8 Å². The fraction of sp³-hybridized carbons (Fsp3) is 0.652. The first-order chi connectivity index (χ1) is 15.0. The number of ether oxygens (including phenoxy) is 3. The summed E-state index contributed by atoms with van der Waals surface area (Å²) in [4.78, 5) is 29.4. The van der Waals surface area contributed by atoms with Gasteiger partial charge in [0.15, 0.2) is 11.5 Å². The van der Waals surface area contributed by atoms with Crippen molar-refractivity contribution in [3.8, 4) is 17.2 Å². The lowest BCUT2D eigenvalue weighted by atomic mass is 9.99. The van der Waals surface area contributed by atoms with Crippen molar-refractivity contribution in [2.75, 3.05) is 59.0 Å². The summed E-state index contributed by atoms with van der Waals surface area (Å²) in [7, 11) is 4.61. The number of nitrogens with one attached hydrogen (secondary N) is 1. The minimum Gasteiger partial charge on any atom is -0.493 e. The highest BCUT2D eigenvalue weighted by atomic mass is 16.5. The molecule has 2 amide bonds. The number of amides is 2. The Bertz CT molecular complexity index is 751. The Morgan fingerprint density at radius 2 is 1.74 bits per heavy atom. The van der Waals surface area contributed by atoms with Crippen molar-refractivity contribution in [1.82, 2.24) is 10.2 Å². The molecule has 2 aliphatic heterocycles. The lowest BCUT2D eigenvalue weighted by Crippen LogP contribution is -2.37. The summed E-state index contributed by atoms with van der Waals surface area (Å²) < 4.78 is 16.1. The van der Waals surface area contributed by atoms with Gasteiger partial charge in [0.05, 0.1) is 32.9 Å². The van der Waals surface area contributed by atoms with Crippen LogP contribution in [0.2, 0.25) is 0 Å². The van der Waals surface area contributed by atoms with Gasteiger partial charge < -0.3 is 29.3 Å². The van der Waals surface area contributed by atoms with Crippen LogP contribution in [0.4, 0.5) is 5.69 Å². The van der Waals surface area contributed by atoms with Crippen molar-refractivity contribution in [2.24, 2.45) is 11.8 Å². The molecule has 1 aromatic carbocycles. The maximum atomic E-state index is 12.6. The third kappa shape index (κ3) is 5.61. The molecule has 2 aliphatic rings. The summed E-state index contributed by atoms with van der Waals surface area (Å²) in [5.74, 6) is 1.74. The minimum absolute atomic E-state index is 0.0597. The number of carbonyl (C=O) groups is 2. The maximum absolute atomic E-state index is 12.6. The van der Waals surface area contributed by atoms with Crippen LogP contribution >= 0.6 is 0 Å². The average molecular weight is 434 g/mol. The molecule has 0 bridgehead atoms. The highest BCUT2D eigenvalue weighted by Crippen LogP contribution is 2.42. The molecule has 172 valence electrons. The lowest BCUT2D eigenvalue weighted by molar-refractivity contribution is -0.126. The van der Waals surface area contributed by atoms with Crippen LogP contribution in [0.3, 0.4) is 0 Å². The Hall–Kier alpha value is -2.48. The molecule has 3 rings (SSSR count). The topological polar surface area (TPSA) is 80.3 Å². The van der Waals surface area contributed by atoms with Gasteiger partial charge in [0.1, 0.15) is 0 Å². The van der Waals surface area contributed by atoms with E-state index >= 15 is 0 Å². The van der Waals surface area contributed by atoms with Gasteiger partial charge in [0, 0.05) is 31.6 Å². The van der Waals surface area contributed by atoms with Gasteiger partial charge in [0.2, 0.25) is 17.6 Å². The van der Waals surface area contributed by atoms with E-state index in [-0.39, 0.29) is 24.2 Å². The van der Waals surface area contributed by atoms with Crippen molar-refractivity contribution in [2.45, 2.75) is 32.6 Å². The van der Waals surface area contributed by atoms with Crippen LogP contribution < -0.4 is 24.4 Å². The van der Waals surface area contributed by atoms with Gasteiger partial charge in [-0.3, -0.25) is 9.59 Å². The van der Waals surface area contributed by atoms with Gasteiger partial charge in [0.25, 0.3) is 0 Å². The number of likely N-dealkylation sites (tertiary alicyclic amines) is 1. The van der Waals surface area contributed by atoms with Crippen LogP contribution in [-0.4, -0.2) is 70.8 Å². The standard InChI is InChI=1S/C23H35N3O5/c1-16-6-10-25(11-7-16)9-5-8-24-23(28)17-12-21(27)26(15-17)18-13-19(29-2)22(31-4)20(14-18)30-3/h13-14,16-17H,5-12,15H2,1-4H3,(H,24,28)/t17-/m1/s1. The summed E-state index contributed by atoms with van der Waals surface area (Å²) in [5.41, 5.74) is 0.633. The Labute approximate surface area is 184 Å². The van der Waals surface area contributed by atoms with Gasteiger partial charge >= 0.3 is 0 Å². The number of piperidine rings is 1. The van der Waals surface area contributed by atoms with E-state index in [1.165, 1.54) is 34.2 Å². The fourth-order valence-corrected chi connectivity index (χ4v) is 4.30. The monoisotopic (exact) mass is 433 g/mol. The van der Waals surface area contributed by atoms with Crippen LogP contribution in [0.5, 0.6) is 17.2 Å². The fourth-order valence-electron chi connectivity index (χ4n) is 4.30. The zero-order valence-corrected chi connectivity index (χ0v) is 19.1. The molecule has 2 saturated heterocycles. The van der Waals surface area contributed by atoms with E-state index in [9.17, 15) is 9.59 Å². The molecule has 8 nitrogen and oxygen atoms in total. The molecule has 1 atom stereocenters. The number of carbonyl (C=O) groups excluding carboxylic acids is 2. The van der Waals surface area contributed by atoms with Crippen LogP contribution in [0.25, 0.3) is 0 Å². The van der Waals surface area contributed by atoms with Crippen molar-refractivity contribution in [3.63, 3.8) is 0 Å². The van der Waals surface area contributed by atoms with Gasteiger partial charge in [-0.2, -0.15) is 0 Å². The molecule has 1 aromatic rings. The summed E-state index contributed by atoms with van der Waals surface area (Å²) >= 11 is 0. The molecule has 2 heterocycles. The summed E-state index contributed by atoms with van der Waals surface area (Å²) in [6.45, 7) is 6.59. The highest BCUT2D eigenvalue weighted by Gasteiger charge is 2.35. The molecular weight excluding hydrogens is 398 g/mol. The van der Waals surface area contributed by atoms with Crippen LogP contribution in [0.15, 0.2) is 12.1 Å². The Morgan fingerprint density at radius 3 is 2.32 bits per heavy atom. The predicted octanol–water partition coefficient (Wildman–Crippen LogP) is 2.30. The molecule has 2 fully saturated rings. The molecule has 31 heavy (non-hydrogen) atoms. The van der Waals surface area contributed by atoms with Crippen LogP contribution in [-0.2, 0) is 9.59 Å². The summed E-state index contributed by atoms with van der Waals surface area (Å²) in [5, 5.41) is 3.02. The van der Waals surface area contributed by atoms with E-state index in [1.54, 1.807) is 17.0 Å². The van der Waals surface area contributed by atoms with Crippen molar-refractivity contribution in [3.05, 3.63) is 12.1 Å². The van der Waals surface area contributed by atoms with Gasteiger partial charge in [-0.15, -0.1) is 0 Å². The Morgan fingerprint density at radius 1 is 1.10 bits per heavy atom. The van der Waals surface area contributed by atoms with E-state index in [0.717, 1.165) is 32.0 Å². The first kappa shape index (κ1) is 23.2. The summed E-state index contributed by atoms with van der Waals surface area (Å²) in [6, 6.07) is 3.47. The minimum atomic E-state index is -0.359. The first-order valence-corrected chi connectivity index (χ1v) is 11.1. The van der Waals surface area contributed by atoms with Crippen LogP contribution in [0.1, 0.15) is 32.6 Å². The third-order valence-corrected chi connectivity index (χ3v) is 6.28. The number of methoxy groups -OCH3 is 3. The smallest absolute Gasteiger partial charge is 0.227 e. The number of hydrogen-bond acceptors (Lipinski definition) is 6. The average Bonchev–Trinajstić information content (AvgIpc) is 3.18. The van der Waals surface area contributed by atoms with Crippen molar-refractivity contribution >= 4 is 17.5 Å². The molecule has 0 saturated carbocycles.